The van der Waals surface area contributed by atoms with Crippen molar-refractivity contribution in [1.29, 1.82) is 0 Å². The van der Waals surface area contributed by atoms with Crippen LogP contribution in [0, 0.1) is 0 Å². The zero-order chi connectivity index (χ0) is 8.93. The lowest BCUT2D eigenvalue weighted by Gasteiger charge is -2.30. The van der Waals surface area contributed by atoms with Crippen molar-refractivity contribution in [3.05, 3.63) is 0 Å². The molecule has 1 N–H and O–H groups in total. The van der Waals surface area contributed by atoms with Gasteiger partial charge in [-0.1, -0.05) is 0 Å². The highest BCUT2D eigenvalue weighted by Gasteiger charge is 2.54. The smallest absolute Gasteiger partial charge is 0.200 e. The lowest BCUT2D eigenvalue weighted by molar-refractivity contribution is 0.129. The van der Waals surface area contributed by atoms with Gasteiger partial charge in [0.05, 0.1) is 12.1 Å². The quantitative estimate of drug-likeness (QED) is 0.523. The molecule has 2 rings (SSSR count). The zero-order valence-corrected chi connectivity index (χ0v) is 7.16. The molecule has 3 nitrogen and oxygen atoms in total. The number of fused-ring (bicyclic) bond motifs is 2. The number of rotatable bonds is 0. The summed E-state index contributed by atoms with van der Waals surface area (Å²) in [6.45, 7) is 1.99. The van der Waals surface area contributed by atoms with E-state index >= 15 is 0 Å². The fraction of sp³-hybridized carbons (Fsp3) is 0.875. The Morgan fingerprint density at radius 2 is 2.42 bits per heavy atom. The van der Waals surface area contributed by atoms with Crippen LogP contribution in [-0.4, -0.2) is 41.3 Å². The summed E-state index contributed by atoms with van der Waals surface area (Å²) in [4.78, 5) is 12.7. The molecule has 0 spiro atoms. The van der Waals surface area contributed by atoms with Crippen LogP contribution in [-0.2, 0) is 0 Å². The van der Waals surface area contributed by atoms with E-state index in [1.54, 1.807) is 4.90 Å². The van der Waals surface area contributed by atoms with Crippen molar-refractivity contribution < 1.29 is 9.90 Å². The monoisotopic (exact) mass is 165 g/mol. The third kappa shape index (κ3) is 0.844. The molecule has 2 saturated heterocycles. The van der Waals surface area contributed by atoms with Gasteiger partial charge in [-0.2, -0.15) is 0 Å². The second-order valence-corrected chi connectivity index (χ2v) is 4.08. The Hall–Kier alpha value is -0.505. The van der Waals surface area contributed by atoms with E-state index < -0.39 is 5.81 Å². The van der Waals surface area contributed by atoms with Gasteiger partial charge in [0.1, 0.15) is 0 Å². The van der Waals surface area contributed by atoms with E-state index in [1.165, 1.54) is 0 Å². The first-order valence-electron chi connectivity index (χ1n) is 4.31. The Balaban J connectivity index is 2.30. The molecule has 64 valence electrons. The third-order valence-corrected chi connectivity index (χ3v) is 3.22. The number of aliphatic hydroxyl groups is 1. The van der Waals surface area contributed by atoms with E-state index in [2.05, 4.69) is 0 Å². The molecule has 0 aromatic carbocycles. The van der Waals surface area contributed by atoms with Crippen molar-refractivity contribution >= 4 is 13.7 Å². The van der Waals surface area contributed by atoms with Gasteiger partial charge in [0.25, 0.3) is 0 Å². The van der Waals surface area contributed by atoms with E-state index in [-0.39, 0.29) is 17.7 Å². The first-order valence-corrected chi connectivity index (χ1v) is 4.31. The van der Waals surface area contributed by atoms with Crippen LogP contribution in [0.25, 0.3) is 0 Å². The van der Waals surface area contributed by atoms with Crippen LogP contribution in [0.1, 0.15) is 26.2 Å². The molecule has 0 aromatic rings. The zero-order valence-electron chi connectivity index (χ0n) is 7.16. The number of amides is 1. The van der Waals surface area contributed by atoms with Crippen molar-refractivity contribution in [3.63, 3.8) is 0 Å². The molecule has 12 heavy (non-hydrogen) atoms. The number of nitrogens with zero attached hydrogens (tertiary/aromatic N) is 1. The van der Waals surface area contributed by atoms with Crippen molar-refractivity contribution in [3.8, 4) is 0 Å². The molecule has 1 amide bonds. The molecule has 2 radical (unpaired) electrons. The number of carbonyl (C=O) groups excluding carboxylic acids is 1. The van der Waals surface area contributed by atoms with E-state index in [9.17, 15) is 9.90 Å². The maximum Gasteiger partial charge on any atom is 0.200 e. The standard InChI is InChI=1S/C8H12BNO2/c1-8-3-2-5(6(11)4-8)10(8)7(9)12/h5-6,11H,2-4H2,1H3. The van der Waals surface area contributed by atoms with Gasteiger partial charge in [-0.25, -0.2) is 0 Å². The maximum absolute atomic E-state index is 11.1. The molecular weight excluding hydrogens is 153 g/mol. The molecule has 3 unspecified atom stereocenters. The van der Waals surface area contributed by atoms with Crippen LogP contribution in [0.3, 0.4) is 0 Å². The lowest BCUT2D eigenvalue weighted by Crippen LogP contribution is -2.42. The molecule has 2 fully saturated rings. The number of hydrogen-bond acceptors (Lipinski definition) is 2. The highest BCUT2D eigenvalue weighted by molar-refractivity contribution is 6.57. The van der Waals surface area contributed by atoms with Crippen molar-refractivity contribution in [2.75, 3.05) is 0 Å². The Labute approximate surface area is 73.1 Å². The minimum Gasteiger partial charge on any atom is -0.391 e. The average molecular weight is 165 g/mol. The fourth-order valence-corrected chi connectivity index (χ4v) is 2.69. The molecule has 2 aliphatic heterocycles. The van der Waals surface area contributed by atoms with Gasteiger partial charge in [0.15, 0.2) is 5.81 Å². The molecule has 0 aromatic heterocycles. The van der Waals surface area contributed by atoms with Crippen LogP contribution < -0.4 is 0 Å². The minimum absolute atomic E-state index is 0.0208. The van der Waals surface area contributed by atoms with E-state index in [4.69, 9.17) is 7.85 Å². The van der Waals surface area contributed by atoms with Gasteiger partial charge in [0, 0.05) is 5.54 Å². The summed E-state index contributed by atoms with van der Waals surface area (Å²) in [7, 11) is 5.24. The van der Waals surface area contributed by atoms with Crippen molar-refractivity contribution in [1.82, 2.24) is 4.90 Å². The molecule has 3 atom stereocenters. The van der Waals surface area contributed by atoms with Gasteiger partial charge >= 0.3 is 0 Å². The van der Waals surface area contributed by atoms with Crippen LogP contribution in [0.15, 0.2) is 0 Å². The Kier molecular flexibility index (Phi) is 1.52. The topological polar surface area (TPSA) is 40.5 Å². The Morgan fingerprint density at radius 3 is 2.67 bits per heavy atom. The van der Waals surface area contributed by atoms with Gasteiger partial charge in [-0.15, -0.1) is 0 Å². The first kappa shape index (κ1) is 8.11. The molecule has 2 heterocycles. The Morgan fingerprint density at radius 1 is 1.75 bits per heavy atom. The summed E-state index contributed by atoms with van der Waals surface area (Å²) in [6.07, 6.45) is 2.18. The van der Waals surface area contributed by atoms with Crippen LogP contribution >= 0.6 is 0 Å². The molecule has 2 bridgehead atoms. The van der Waals surface area contributed by atoms with E-state index in [0.29, 0.717) is 6.42 Å². The summed E-state index contributed by atoms with van der Waals surface area (Å²) in [5.41, 5.74) is -0.171. The highest BCUT2D eigenvalue weighted by atomic mass is 16.3. The van der Waals surface area contributed by atoms with Gasteiger partial charge in [-0.05, 0) is 26.2 Å². The van der Waals surface area contributed by atoms with Gasteiger partial charge < -0.3 is 10.0 Å². The van der Waals surface area contributed by atoms with E-state index in [0.717, 1.165) is 12.8 Å². The lowest BCUT2D eigenvalue weighted by atomic mass is 9.88. The summed E-state index contributed by atoms with van der Waals surface area (Å²) in [6, 6.07) is -0.0208. The SMILES string of the molecule is [B]C(=O)N1C2CCC1(C)CC2O. The Bertz CT molecular complexity index is 233. The second kappa shape index (κ2) is 2.25. The summed E-state index contributed by atoms with van der Waals surface area (Å²) < 4.78 is 0. The molecular formula is C8H12BNO2. The summed E-state index contributed by atoms with van der Waals surface area (Å²) in [5, 5.41) is 9.55. The summed E-state index contributed by atoms with van der Waals surface area (Å²) in [5.74, 6) is -0.392. The molecule has 0 saturated carbocycles. The molecule has 4 heteroatoms. The molecule has 2 aliphatic rings. The van der Waals surface area contributed by atoms with Crippen LogP contribution in [0.2, 0.25) is 0 Å². The predicted octanol–water partition coefficient (Wildman–Crippen LogP) is 0.263. The van der Waals surface area contributed by atoms with Crippen LogP contribution in [0.4, 0.5) is 4.79 Å². The maximum atomic E-state index is 11.1. The minimum atomic E-state index is -0.392. The first-order chi connectivity index (χ1) is 5.54. The average Bonchev–Trinajstić information content (AvgIpc) is 2.36. The van der Waals surface area contributed by atoms with Crippen molar-refractivity contribution in [2.24, 2.45) is 0 Å². The second-order valence-electron chi connectivity index (χ2n) is 4.08. The fourth-order valence-electron chi connectivity index (χ4n) is 2.69. The highest BCUT2D eigenvalue weighted by Crippen LogP contribution is 2.45. The third-order valence-electron chi connectivity index (χ3n) is 3.22. The normalized spacial score (nSPS) is 45.3. The predicted molar refractivity (Wildman–Crippen MR) is 45.0 cm³/mol. The van der Waals surface area contributed by atoms with E-state index in [1.807, 2.05) is 6.92 Å². The van der Waals surface area contributed by atoms with Gasteiger partial charge in [0.2, 0.25) is 7.85 Å². The van der Waals surface area contributed by atoms with Crippen molar-refractivity contribution in [2.45, 2.75) is 43.9 Å². The number of aliphatic hydroxyl groups excluding tert-OH is 1. The summed E-state index contributed by atoms with van der Waals surface area (Å²) >= 11 is 0. The number of carbonyl (C=O) groups is 1. The molecule has 0 aliphatic carbocycles. The van der Waals surface area contributed by atoms with Crippen LogP contribution in [0.5, 0.6) is 0 Å². The number of hydrogen-bond donors (Lipinski definition) is 1. The van der Waals surface area contributed by atoms with Gasteiger partial charge in [-0.3, -0.25) is 4.79 Å². The largest absolute Gasteiger partial charge is 0.391 e.